The van der Waals surface area contributed by atoms with Crippen molar-refractivity contribution in [2.24, 2.45) is 5.73 Å². The number of nitrogens with two attached hydrogens (primary N) is 1. The van der Waals surface area contributed by atoms with Crippen molar-refractivity contribution in [3.63, 3.8) is 0 Å². The van der Waals surface area contributed by atoms with E-state index in [1.807, 2.05) is 0 Å². The van der Waals surface area contributed by atoms with Crippen molar-refractivity contribution in [3.05, 3.63) is 60.2 Å². The van der Waals surface area contributed by atoms with E-state index < -0.39 is 17.9 Å². The van der Waals surface area contributed by atoms with Gasteiger partial charge in [0.25, 0.3) is 11.9 Å². The number of rotatable bonds is 6. The molecule has 0 aliphatic heterocycles. The molecule has 2 rings (SSSR count). The summed E-state index contributed by atoms with van der Waals surface area (Å²) in [7, 11) is 0. The molecule has 5 nitrogen and oxygen atoms in total. The third-order valence-electron chi connectivity index (χ3n) is 3.02. The molecule has 3 N–H and O–H groups in total. The predicted molar refractivity (Wildman–Crippen MR) is 76.6 cm³/mol. The fourth-order valence-electron chi connectivity index (χ4n) is 1.98. The van der Waals surface area contributed by atoms with Crippen LogP contribution in [-0.4, -0.2) is 23.7 Å². The Morgan fingerprint density at radius 2 is 1.76 bits per heavy atom. The monoisotopic (exact) mass is 284 g/mol. The number of aromatic hydroxyl groups is 1. The molecular formula is C16H14NO4. The number of ether oxygens (including phenoxy) is 1. The fourth-order valence-corrected chi connectivity index (χ4v) is 1.98. The third-order valence-corrected chi connectivity index (χ3v) is 3.02. The first kappa shape index (κ1) is 14.7. The summed E-state index contributed by atoms with van der Waals surface area (Å²) in [6.07, 6.45) is 1.61. The van der Waals surface area contributed by atoms with Crippen molar-refractivity contribution in [2.75, 3.05) is 6.54 Å². The molecule has 2 aromatic rings. The first-order valence-corrected chi connectivity index (χ1v) is 6.29. The Labute approximate surface area is 122 Å². The molecule has 1 atom stereocenters. The Kier molecular flexibility index (Phi) is 4.35. The number of phenolic OH excluding ortho intramolecular Hbond substituents is 1. The Balaban J connectivity index is 2.56. The molecule has 0 saturated heterocycles. The van der Waals surface area contributed by atoms with Crippen molar-refractivity contribution in [1.82, 2.24) is 0 Å². The summed E-state index contributed by atoms with van der Waals surface area (Å²) in [5.41, 5.74) is 3.32. The molecule has 0 bridgehead atoms. The summed E-state index contributed by atoms with van der Waals surface area (Å²) in [4.78, 5) is 23.7. The minimum absolute atomic E-state index is 0.0132. The maximum absolute atomic E-state index is 12.2. The number of Topliss-reactive ketones (excluding diaryl/α,β-unsaturated/α-hetero) is 1. The van der Waals surface area contributed by atoms with Crippen molar-refractivity contribution >= 4 is 12.1 Å². The Morgan fingerprint density at radius 1 is 1.14 bits per heavy atom. The number of carbonyl (C=O) groups excluding carboxylic acids is 2. The van der Waals surface area contributed by atoms with Crippen LogP contribution >= 0.6 is 0 Å². The van der Waals surface area contributed by atoms with Gasteiger partial charge in [-0.2, -0.15) is 0 Å². The van der Waals surface area contributed by atoms with E-state index in [9.17, 15) is 14.7 Å². The molecule has 0 amide bonds. The fraction of sp³-hybridized carbons (Fsp3) is 0.125. The lowest BCUT2D eigenvalue weighted by molar-refractivity contribution is -0.128. The molecule has 0 aromatic heterocycles. The van der Waals surface area contributed by atoms with Gasteiger partial charge in [-0.3, -0.25) is 9.59 Å². The molecule has 107 valence electrons. The second-order valence-electron chi connectivity index (χ2n) is 4.34. The van der Waals surface area contributed by atoms with Gasteiger partial charge in [0, 0.05) is 0 Å². The van der Waals surface area contributed by atoms with Crippen molar-refractivity contribution in [3.8, 4) is 11.5 Å². The zero-order valence-electron chi connectivity index (χ0n) is 11.2. The molecule has 0 fully saturated rings. The zero-order valence-corrected chi connectivity index (χ0v) is 11.2. The number of benzene rings is 2. The lowest BCUT2D eigenvalue weighted by atomic mass is 9.89. The van der Waals surface area contributed by atoms with Crippen LogP contribution in [0.25, 0.3) is 0 Å². The predicted octanol–water partition coefficient (Wildman–Crippen LogP) is 1.30. The highest BCUT2D eigenvalue weighted by atomic mass is 16.5. The molecule has 0 aliphatic rings. The lowest BCUT2D eigenvalue weighted by Gasteiger charge is -2.27. The van der Waals surface area contributed by atoms with E-state index in [0.29, 0.717) is 5.75 Å². The molecule has 2 aromatic carbocycles. The van der Waals surface area contributed by atoms with Crippen molar-refractivity contribution in [1.29, 1.82) is 0 Å². The summed E-state index contributed by atoms with van der Waals surface area (Å²) < 4.78 is 5.56. The van der Waals surface area contributed by atoms with E-state index in [1.165, 1.54) is 12.1 Å². The van der Waals surface area contributed by atoms with E-state index in [-0.39, 0.29) is 11.3 Å². The third kappa shape index (κ3) is 2.78. The average molecular weight is 284 g/mol. The SMILES string of the molecule is NCC(=O)C([C]=O)(Oc1ccccc1)c1ccccc1O. The van der Waals surface area contributed by atoms with Gasteiger partial charge in [-0.1, -0.05) is 36.4 Å². The quantitative estimate of drug-likeness (QED) is 0.780. The van der Waals surface area contributed by atoms with Gasteiger partial charge in [0.05, 0.1) is 12.1 Å². The minimum atomic E-state index is -2.08. The summed E-state index contributed by atoms with van der Waals surface area (Å²) in [6.45, 7) is -0.420. The second-order valence-corrected chi connectivity index (χ2v) is 4.34. The van der Waals surface area contributed by atoms with Crippen LogP contribution < -0.4 is 10.5 Å². The average Bonchev–Trinajstić information content (AvgIpc) is 2.53. The molecule has 0 heterocycles. The number of phenols is 1. The maximum Gasteiger partial charge on any atom is 0.262 e. The summed E-state index contributed by atoms with van der Waals surface area (Å²) in [5, 5.41) is 9.95. The Hall–Kier alpha value is -2.66. The molecule has 21 heavy (non-hydrogen) atoms. The normalized spacial score (nSPS) is 13.2. The molecule has 1 radical (unpaired) electrons. The van der Waals surface area contributed by atoms with Gasteiger partial charge in [-0.05, 0) is 18.2 Å². The van der Waals surface area contributed by atoms with Crippen LogP contribution in [-0.2, 0) is 15.2 Å². The van der Waals surface area contributed by atoms with Crippen LogP contribution in [0.3, 0.4) is 0 Å². The van der Waals surface area contributed by atoms with Crippen LogP contribution in [0, 0.1) is 0 Å². The standard InChI is InChI=1S/C16H14NO4/c17-10-15(20)16(11-18,13-8-4-5-9-14(13)19)21-12-6-2-1-3-7-12/h1-9,19H,10,17H2. The molecular weight excluding hydrogens is 270 g/mol. The topological polar surface area (TPSA) is 89.6 Å². The van der Waals surface area contributed by atoms with E-state index in [0.717, 1.165) is 0 Å². The van der Waals surface area contributed by atoms with E-state index >= 15 is 0 Å². The summed E-state index contributed by atoms with van der Waals surface area (Å²) >= 11 is 0. The maximum atomic E-state index is 12.2. The van der Waals surface area contributed by atoms with Gasteiger partial charge in [-0.25, -0.2) is 0 Å². The number of para-hydroxylation sites is 2. The van der Waals surface area contributed by atoms with Gasteiger partial charge in [-0.15, -0.1) is 0 Å². The van der Waals surface area contributed by atoms with Crippen LogP contribution in [0.2, 0.25) is 0 Å². The van der Waals surface area contributed by atoms with Gasteiger partial charge >= 0.3 is 0 Å². The molecule has 0 saturated carbocycles. The first-order valence-electron chi connectivity index (χ1n) is 6.29. The molecule has 0 spiro atoms. The number of hydrogen-bond acceptors (Lipinski definition) is 5. The Morgan fingerprint density at radius 3 is 2.33 bits per heavy atom. The number of ketones is 1. The minimum Gasteiger partial charge on any atom is -0.507 e. The van der Waals surface area contributed by atoms with Crippen molar-refractivity contribution in [2.45, 2.75) is 5.60 Å². The van der Waals surface area contributed by atoms with Gasteiger partial charge in [0.1, 0.15) is 11.5 Å². The molecule has 0 aliphatic carbocycles. The Bertz CT molecular complexity index is 642. The van der Waals surface area contributed by atoms with Crippen LogP contribution in [0.5, 0.6) is 11.5 Å². The molecule has 5 heteroatoms. The second kappa shape index (κ2) is 6.19. The van der Waals surface area contributed by atoms with Crippen LogP contribution in [0.15, 0.2) is 54.6 Å². The van der Waals surface area contributed by atoms with Gasteiger partial charge in [0.2, 0.25) is 5.78 Å². The summed E-state index contributed by atoms with van der Waals surface area (Å²) in [5.74, 6) is -0.632. The van der Waals surface area contributed by atoms with E-state index in [1.54, 1.807) is 48.8 Å². The largest absolute Gasteiger partial charge is 0.507 e. The van der Waals surface area contributed by atoms with E-state index in [4.69, 9.17) is 10.5 Å². The van der Waals surface area contributed by atoms with Crippen LogP contribution in [0.1, 0.15) is 5.56 Å². The highest BCUT2D eigenvalue weighted by molar-refractivity contribution is 6.04. The van der Waals surface area contributed by atoms with Gasteiger partial charge < -0.3 is 15.6 Å². The first-order chi connectivity index (χ1) is 10.1. The number of carbonyl (C=O) groups is 1. The summed E-state index contributed by atoms with van der Waals surface area (Å²) in [6, 6.07) is 14.3. The van der Waals surface area contributed by atoms with Gasteiger partial charge in [0.15, 0.2) is 0 Å². The highest BCUT2D eigenvalue weighted by Gasteiger charge is 2.45. The number of hydrogen-bond donors (Lipinski definition) is 2. The van der Waals surface area contributed by atoms with E-state index in [2.05, 4.69) is 0 Å². The van der Waals surface area contributed by atoms with Crippen LogP contribution in [0.4, 0.5) is 0 Å². The van der Waals surface area contributed by atoms with Crippen molar-refractivity contribution < 1.29 is 19.4 Å². The zero-order chi connectivity index (χ0) is 15.3. The smallest absolute Gasteiger partial charge is 0.262 e. The lowest BCUT2D eigenvalue weighted by Crippen LogP contribution is -2.46. The highest BCUT2D eigenvalue weighted by Crippen LogP contribution is 2.33. The molecule has 1 unspecified atom stereocenters.